The lowest BCUT2D eigenvalue weighted by atomic mass is 10.0. The normalized spacial score (nSPS) is 20.4. The van der Waals surface area contributed by atoms with Crippen molar-refractivity contribution in [3.63, 3.8) is 0 Å². The van der Waals surface area contributed by atoms with Crippen LogP contribution in [0.1, 0.15) is 51.0 Å². The summed E-state index contributed by atoms with van der Waals surface area (Å²) in [7, 11) is 0. The molecule has 0 radical (unpaired) electrons. The van der Waals surface area contributed by atoms with E-state index in [0.717, 1.165) is 6.07 Å². The van der Waals surface area contributed by atoms with E-state index in [1.165, 1.54) is 25.1 Å². The van der Waals surface area contributed by atoms with Crippen molar-refractivity contribution in [2.24, 2.45) is 22.2 Å². The second-order valence-electron chi connectivity index (χ2n) is 12.5. The molecule has 1 aliphatic rings. The van der Waals surface area contributed by atoms with E-state index >= 15 is 0 Å². The van der Waals surface area contributed by atoms with Crippen LogP contribution in [0.2, 0.25) is 0 Å². The number of aliphatic imine (C=N–C) groups is 1. The lowest BCUT2D eigenvalue weighted by Gasteiger charge is -2.23. The zero-order valence-electron chi connectivity index (χ0n) is 30.3. The molecule has 55 heavy (non-hydrogen) atoms. The first-order valence-electron chi connectivity index (χ1n) is 17.4. The molecule has 1 heterocycles. The quantitative estimate of drug-likeness (QED) is 0.0607. The molecule has 1 aromatic carbocycles. The summed E-state index contributed by atoms with van der Waals surface area (Å²) < 4.78 is 14.5. The van der Waals surface area contributed by atoms with Gasteiger partial charge in [0.05, 0.1) is 26.1 Å². The van der Waals surface area contributed by atoms with Gasteiger partial charge in [-0.25, -0.2) is 4.39 Å². The fraction of sp³-hybridized carbons (Fsp3) is 0.515. The van der Waals surface area contributed by atoms with Crippen molar-refractivity contribution in [1.29, 1.82) is 0 Å². The standard InChI is InChI=1S/C33H49FN12O9/c1-18(47)43-22(10-6-12-39-33(36)37)32(55)46-24-14-25(48)38-11-5-4-9-21(29(35)52)44-27(50)16-40-26(49)15-41-30(53)23(45-28(51)17-42-31(24)54)13-19-7-2-3-8-20(19)34/h2-3,7-8,21-24H,4-6,9-17H2,1H3,(H2,35,52)(H,38,48)(H,40,49)(H,41,53)(H,42,54)(H,43,47)(H,44,50)(H,45,51)(H,46,55)(H4,36,37,39). The smallest absolute Gasteiger partial charge is 0.243 e. The molecule has 21 nitrogen and oxygen atoms in total. The zero-order chi connectivity index (χ0) is 40.9. The van der Waals surface area contributed by atoms with Crippen molar-refractivity contribution in [3.8, 4) is 0 Å². The zero-order valence-corrected chi connectivity index (χ0v) is 30.3. The van der Waals surface area contributed by atoms with Crippen LogP contribution < -0.4 is 59.7 Å². The number of carbonyl (C=O) groups is 9. The Kier molecular flexibility index (Phi) is 19.0. The van der Waals surface area contributed by atoms with Gasteiger partial charge in [0.15, 0.2) is 5.96 Å². The van der Waals surface area contributed by atoms with Crippen LogP contribution in [0.15, 0.2) is 29.3 Å². The summed E-state index contributed by atoms with van der Waals surface area (Å²) in [5, 5.41) is 19.1. The third-order valence-electron chi connectivity index (χ3n) is 7.91. The Hall–Kier alpha value is -6.35. The van der Waals surface area contributed by atoms with Gasteiger partial charge in [0.2, 0.25) is 53.2 Å². The molecule has 1 saturated heterocycles. The molecule has 2 rings (SSSR count). The number of rotatable bonds is 10. The third kappa shape index (κ3) is 17.8. The number of primary amides is 1. The van der Waals surface area contributed by atoms with E-state index in [4.69, 9.17) is 17.2 Å². The maximum absolute atomic E-state index is 14.5. The van der Waals surface area contributed by atoms with Crippen LogP contribution in [0.5, 0.6) is 0 Å². The van der Waals surface area contributed by atoms with Gasteiger partial charge in [-0.15, -0.1) is 0 Å². The molecule has 4 atom stereocenters. The van der Waals surface area contributed by atoms with E-state index in [1.54, 1.807) is 0 Å². The average molecular weight is 777 g/mol. The summed E-state index contributed by atoms with van der Waals surface area (Å²) in [4.78, 5) is 118. The van der Waals surface area contributed by atoms with Crippen LogP contribution in [-0.4, -0.2) is 116 Å². The summed E-state index contributed by atoms with van der Waals surface area (Å²) in [6.45, 7) is -0.620. The van der Waals surface area contributed by atoms with Crippen molar-refractivity contribution in [1.82, 2.24) is 42.5 Å². The molecule has 302 valence electrons. The molecule has 1 aromatic rings. The molecular formula is C33H49FN12O9. The number of hydrogen-bond donors (Lipinski definition) is 11. The molecule has 22 heteroatoms. The van der Waals surface area contributed by atoms with Crippen molar-refractivity contribution in [2.45, 2.75) is 76.0 Å². The Morgan fingerprint density at radius 3 is 2.18 bits per heavy atom. The molecule has 0 bridgehead atoms. The monoisotopic (exact) mass is 776 g/mol. The van der Waals surface area contributed by atoms with Gasteiger partial charge in [-0.3, -0.25) is 48.1 Å². The summed E-state index contributed by atoms with van der Waals surface area (Å²) in [5.41, 5.74) is 16.1. The molecule has 4 unspecified atom stereocenters. The molecule has 0 aliphatic carbocycles. The van der Waals surface area contributed by atoms with Gasteiger partial charge in [-0.2, -0.15) is 0 Å². The minimum absolute atomic E-state index is 0.0373. The highest BCUT2D eigenvalue weighted by atomic mass is 19.1. The first-order chi connectivity index (χ1) is 26.0. The highest BCUT2D eigenvalue weighted by Gasteiger charge is 2.29. The van der Waals surface area contributed by atoms with Gasteiger partial charge >= 0.3 is 0 Å². The molecule has 0 saturated carbocycles. The van der Waals surface area contributed by atoms with Gasteiger partial charge in [0.25, 0.3) is 0 Å². The fourth-order valence-electron chi connectivity index (χ4n) is 5.15. The van der Waals surface area contributed by atoms with E-state index in [1.807, 2.05) is 0 Å². The molecule has 0 spiro atoms. The predicted octanol–water partition coefficient (Wildman–Crippen LogP) is -5.10. The number of benzene rings is 1. The van der Waals surface area contributed by atoms with E-state index in [0.29, 0.717) is 12.8 Å². The highest BCUT2D eigenvalue weighted by Crippen LogP contribution is 2.10. The molecule has 9 amide bonds. The maximum Gasteiger partial charge on any atom is 0.243 e. The number of amides is 9. The van der Waals surface area contributed by atoms with Crippen LogP contribution in [0.4, 0.5) is 4.39 Å². The van der Waals surface area contributed by atoms with Crippen LogP contribution >= 0.6 is 0 Å². The first kappa shape index (κ1) is 44.8. The van der Waals surface area contributed by atoms with Crippen molar-refractivity contribution in [3.05, 3.63) is 35.6 Å². The van der Waals surface area contributed by atoms with Gasteiger partial charge in [0, 0.05) is 26.4 Å². The Balaban J connectivity index is 2.33. The lowest BCUT2D eigenvalue weighted by molar-refractivity contribution is -0.134. The van der Waals surface area contributed by atoms with Gasteiger partial charge in [-0.05, 0) is 43.7 Å². The summed E-state index contributed by atoms with van der Waals surface area (Å²) in [6.07, 6.45) is 0.00242. The SMILES string of the molecule is CC(=O)NC(CCCN=C(N)N)C(=O)NC1CC(=O)NCCCCC(C(N)=O)NC(=O)CNC(=O)CNC(=O)C(Cc2ccccc2F)NC(=O)CNC1=O. The van der Waals surface area contributed by atoms with Crippen molar-refractivity contribution < 1.29 is 47.5 Å². The van der Waals surface area contributed by atoms with Crippen molar-refractivity contribution >= 4 is 59.1 Å². The Morgan fingerprint density at radius 2 is 1.51 bits per heavy atom. The van der Waals surface area contributed by atoms with E-state index in [-0.39, 0.29) is 50.3 Å². The van der Waals surface area contributed by atoms with Crippen LogP contribution in [0, 0.1) is 5.82 Å². The van der Waals surface area contributed by atoms with E-state index in [2.05, 4.69) is 47.5 Å². The minimum Gasteiger partial charge on any atom is -0.370 e. The largest absolute Gasteiger partial charge is 0.370 e. The van der Waals surface area contributed by atoms with Crippen LogP contribution in [-0.2, 0) is 49.6 Å². The van der Waals surface area contributed by atoms with Crippen molar-refractivity contribution in [2.75, 3.05) is 32.7 Å². The lowest BCUT2D eigenvalue weighted by Crippen LogP contribution is -2.56. The van der Waals surface area contributed by atoms with E-state index in [9.17, 15) is 47.5 Å². The average Bonchev–Trinajstić information content (AvgIpc) is 3.12. The fourth-order valence-corrected chi connectivity index (χ4v) is 5.15. The second kappa shape index (κ2) is 23.3. The first-order valence-corrected chi connectivity index (χ1v) is 17.4. The topological polar surface area (TPSA) is 340 Å². The second-order valence-corrected chi connectivity index (χ2v) is 12.5. The number of carbonyl (C=O) groups excluding carboxylic acids is 9. The van der Waals surface area contributed by atoms with Gasteiger partial charge in [0.1, 0.15) is 30.0 Å². The van der Waals surface area contributed by atoms with Crippen LogP contribution in [0.25, 0.3) is 0 Å². The summed E-state index contributed by atoms with van der Waals surface area (Å²) in [6, 6.07) is 0.127. The number of nitrogens with one attached hydrogen (secondary N) is 8. The predicted molar refractivity (Wildman–Crippen MR) is 193 cm³/mol. The Morgan fingerprint density at radius 1 is 0.855 bits per heavy atom. The van der Waals surface area contributed by atoms with Gasteiger partial charge in [-0.1, -0.05) is 18.2 Å². The molecule has 14 N–H and O–H groups in total. The number of guanidine groups is 1. The maximum atomic E-state index is 14.5. The number of halogens is 1. The minimum atomic E-state index is -1.57. The number of nitrogens with zero attached hydrogens (tertiary/aromatic N) is 1. The molecule has 1 aliphatic heterocycles. The van der Waals surface area contributed by atoms with Gasteiger partial charge < -0.3 is 59.7 Å². The molecular weight excluding hydrogens is 727 g/mol. The van der Waals surface area contributed by atoms with E-state index < -0.39 is 109 Å². The molecule has 0 aromatic heterocycles. The summed E-state index contributed by atoms with van der Waals surface area (Å²) >= 11 is 0. The van der Waals surface area contributed by atoms with Crippen LogP contribution in [0.3, 0.4) is 0 Å². The highest BCUT2D eigenvalue weighted by molar-refractivity contribution is 5.97. The Bertz CT molecular complexity index is 1600. The Labute approximate surface area is 315 Å². The molecule has 1 fully saturated rings. The third-order valence-corrected chi connectivity index (χ3v) is 7.91. The number of nitrogens with two attached hydrogens (primary N) is 3. The number of hydrogen-bond acceptors (Lipinski definition) is 10. The summed E-state index contributed by atoms with van der Waals surface area (Å²) in [5.74, 6) is -8.18.